The lowest BCUT2D eigenvalue weighted by atomic mass is 10.0. The van der Waals surface area contributed by atoms with Crippen molar-refractivity contribution in [2.24, 2.45) is 0 Å². The van der Waals surface area contributed by atoms with Crippen molar-refractivity contribution in [2.75, 3.05) is 33.9 Å². The minimum absolute atomic E-state index is 0.180. The molecule has 1 heterocycles. The molecule has 0 N–H and O–H groups in total. The molecular formula is C31H36ClNO5. The van der Waals surface area contributed by atoms with Crippen molar-refractivity contribution in [2.45, 2.75) is 45.3 Å². The predicted octanol–water partition coefficient (Wildman–Crippen LogP) is 6.50. The summed E-state index contributed by atoms with van der Waals surface area (Å²) in [6.07, 6.45) is 4.22. The number of hydrogen-bond acceptors (Lipinski definition) is 6. The van der Waals surface area contributed by atoms with Crippen molar-refractivity contribution in [3.8, 4) is 23.0 Å². The Balaban J connectivity index is 1.45. The first-order chi connectivity index (χ1) is 18.6. The monoisotopic (exact) mass is 537 g/mol. The molecule has 0 spiro atoms. The van der Waals surface area contributed by atoms with Crippen molar-refractivity contribution >= 4 is 17.4 Å². The summed E-state index contributed by atoms with van der Waals surface area (Å²) in [4.78, 5) is 15.2. The van der Waals surface area contributed by atoms with Gasteiger partial charge in [0.1, 0.15) is 30.5 Å². The molecule has 6 nitrogen and oxygen atoms in total. The SMILES string of the molecule is COc1ccc(COc2ccc(CC(=O)CCCN3CCCC3)c(Cl)c2OCc2ccc(OC)cc2)cc1. The molecule has 0 aliphatic carbocycles. The van der Waals surface area contributed by atoms with Crippen molar-refractivity contribution < 1.29 is 23.7 Å². The molecule has 0 saturated carbocycles. The second-order valence-electron chi connectivity index (χ2n) is 9.51. The van der Waals surface area contributed by atoms with Gasteiger partial charge in [0.15, 0.2) is 11.5 Å². The molecule has 1 aliphatic heterocycles. The summed E-state index contributed by atoms with van der Waals surface area (Å²) in [5.74, 6) is 2.72. The Labute approximate surface area is 230 Å². The van der Waals surface area contributed by atoms with Gasteiger partial charge >= 0.3 is 0 Å². The maximum atomic E-state index is 12.8. The van der Waals surface area contributed by atoms with E-state index in [0.29, 0.717) is 36.2 Å². The van der Waals surface area contributed by atoms with Crippen LogP contribution < -0.4 is 18.9 Å². The molecule has 0 bridgehead atoms. The zero-order valence-electron chi connectivity index (χ0n) is 22.2. The normalized spacial score (nSPS) is 13.3. The third-order valence-corrected chi connectivity index (χ3v) is 7.17. The number of carbonyl (C=O) groups is 1. The van der Waals surface area contributed by atoms with Gasteiger partial charge in [-0.15, -0.1) is 0 Å². The van der Waals surface area contributed by atoms with Gasteiger partial charge in [-0.05, 0) is 85.9 Å². The number of methoxy groups -OCH3 is 2. The van der Waals surface area contributed by atoms with E-state index >= 15 is 0 Å². The molecule has 0 unspecified atom stereocenters. The predicted molar refractivity (Wildman–Crippen MR) is 150 cm³/mol. The molecule has 0 radical (unpaired) electrons. The van der Waals surface area contributed by atoms with Crippen LogP contribution in [0.5, 0.6) is 23.0 Å². The van der Waals surface area contributed by atoms with Gasteiger partial charge in [0.2, 0.25) is 0 Å². The number of likely N-dealkylation sites (tertiary alicyclic amines) is 1. The highest BCUT2D eigenvalue weighted by atomic mass is 35.5. The first-order valence-corrected chi connectivity index (χ1v) is 13.5. The van der Waals surface area contributed by atoms with E-state index in [1.54, 1.807) is 14.2 Å². The van der Waals surface area contributed by atoms with E-state index in [1.807, 2.05) is 60.7 Å². The number of rotatable bonds is 14. The molecular weight excluding hydrogens is 502 g/mol. The van der Waals surface area contributed by atoms with E-state index in [9.17, 15) is 4.79 Å². The fourth-order valence-electron chi connectivity index (χ4n) is 4.53. The molecule has 4 rings (SSSR count). The van der Waals surface area contributed by atoms with E-state index in [-0.39, 0.29) is 12.2 Å². The highest BCUT2D eigenvalue weighted by molar-refractivity contribution is 6.33. The van der Waals surface area contributed by atoms with Crippen molar-refractivity contribution in [3.05, 3.63) is 82.4 Å². The molecule has 1 aliphatic rings. The Morgan fingerprint density at radius 2 is 1.39 bits per heavy atom. The Morgan fingerprint density at radius 1 is 0.816 bits per heavy atom. The van der Waals surface area contributed by atoms with E-state index < -0.39 is 0 Å². The van der Waals surface area contributed by atoms with Crippen LogP contribution in [0.1, 0.15) is 42.4 Å². The first kappa shape index (κ1) is 27.8. The number of ketones is 1. The summed E-state index contributed by atoms with van der Waals surface area (Å²) < 4.78 is 22.8. The maximum Gasteiger partial charge on any atom is 0.180 e. The van der Waals surface area contributed by atoms with Crippen molar-refractivity contribution in [1.29, 1.82) is 0 Å². The zero-order chi connectivity index (χ0) is 26.7. The van der Waals surface area contributed by atoms with Gasteiger partial charge < -0.3 is 23.8 Å². The Morgan fingerprint density at radius 3 is 1.97 bits per heavy atom. The van der Waals surface area contributed by atoms with Gasteiger partial charge in [-0.25, -0.2) is 0 Å². The lowest BCUT2D eigenvalue weighted by Gasteiger charge is -2.17. The van der Waals surface area contributed by atoms with Gasteiger partial charge in [-0.3, -0.25) is 4.79 Å². The van der Waals surface area contributed by atoms with Gasteiger partial charge in [-0.1, -0.05) is 41.9 Å². The standard InChI is InChI=1S/C31H36ClNO5/c1-35-27-12-7-23(8-13-27)21-37-29-16-11-25(20-26(34)6-5-19-33-17-3-4-18-33)30(32)31(29)38-22-24-9-14-28(36-2)15-10-24/h7-16H,3-6,17-22H2,1-2H3. The molecule has 38 heavy (non-hydrogen) atoms. The minimum atomic E-state index is 0.180. The van der Waals surface area contributed by atoms with E-state index in [1.165, 1.54) is 12.8 Å². The van der Waals surface area contributed by atoms with Crippen LogP contribution in [0.4, 0.5) is 0 Å². The second-order valence-corrected chi connectivity index (χ2v) is 9.89. The lowest BCUT2D eigenvalue weighted by molar-refractivity contribution is -0.118. The second kappa shape index (κ2) is 14.1. The molecule has 0 amide bonds. The molecule has 1 saturated heterocycles. The first-order valence-electron chi connectivity index (χ1n) is 13.1. The summed E-state index contributed by atoms with van der Waals surface area (Å²) in [5, 5.41) is 0.415. The Bertz CT molecular complexity index is 1170. The Kier molecular flexibility index (Phi) is 10.3. The number of halogens is 1. The molecule has 202 valence electrons. The number of carbonyl (C=O) groups excluding carboxylic acids is 1. The quantitative estimate of drug-likeness (QED) is 0.234. The van der Waals surface area contributed by atoms with E-state index in [0.717, 1.165) is 54.2 Å². The van der Waals surface area contributed by atoms with Crippen LogP contribution in [-0.2, 0) is 24.4 Å². The highest BCUT2D eigenvalue weighted by Crippen LogP contribution is 2.39. The summed E-state index contributed by atoms with van der Waals surface area (Å²) in [5.41, 5.74) is 2.70. The van der Waals surface area contributed by atoms with E-state index in [2.05, 4.69) is 4.90 Å². The number of Topliss-reactive ketones (excluding diaryl/α,β-unsaturated/α-hetero) is 1. The van der Waals surface area contributed by atoms with Crippen molar-refractivity contribution in [1.82, 2.24) is 4.90 Å². The number of hydrogen-bond donors (Lipinski definition) is 0. The summed E-state index contributed by atoms with van der Waals surface area (Å²) in [6.45, 7) is 3.91. The van der Waals surface area contributed by atoms with Crippen LogP contribution in [0.15, 0.2) is 60.7 Å². The van der Waals surface area contributed by atoms with Crippen LogP contribution in [0, 0.1) is 0 Å². The number of ether oxygens (including phenoxy) is 4. The fraction of sp³-hybridized carbons (Fsp3) is 0.387. The van der Waals surface area contributed by atoms with Gasteiger partial charge in [0.05, 0.1) is 19.2 Å². The third kappa shape index (κ3) is 7.89. The number of nitrogens with zero attached hydrogens (tertiary/aromatic N) is 1. The molecule has 1 fully saturated rings. The summed E-state index contributed by atoms with van der Waals surface area (Å²) in [6, 6.07) is 19.1. The van der Waals surface area contributed by atoms with Gasteiger partial charge in [0, 0.05) is 12.8 Å². The minimum Gasteiger partial charge on any atom is -0.497 e. The molecule has 7 heteroatoms. The van der Waals surface area contributed by atoms with E-state index in [4.69, 9.17) is 30.5 Å². The van der Waals surface area contributed by atoms with Crippen LogP contribution in [0.3, 0.4) is 0 Å². The average molecular weight is 538 g/mol. The van der Waals surface area contributed by atoms with Crippen LogP contribution in [0.25, 0.3) is 0 Å². The topological polar surface area (TPSA) is 57.2 Å². The van der Waals surface area contributed by atoms with Gasteiger partial charge in [0.25, 0.3) is 0 Å². The fourth-order valence-corrected chi connectivity index (χ4v) is 4.81. The highest BCUT2D eigenvalue weighted by Gasteiger charge is 2.18. The lowest BCUT2D eigenvalue weighted by Crippen LogP contribution is -2.21. The summed E-state index contributed by atoms with van der Waals surface area (Å²) >= 11 is 6.83. The molecule has 0 aromatic heterocycles. The average Bonchev–Trinajstić information content (AvgIpc) is 3.47. The largest absolute Gasteiger partial charge is 0.497 e. The van der Waals surface area contributed by atoms with Gasteiger partial charge in [-0.2, -0.15) is 0 Å². The number of benzene rings is 3. The Hall–Kier alpha value is -3.22. The van der Waals surface area contributed by atoms with Crippen LogP contribution in [-0.4, -0.2) is 44.5 Å². The third-order valence-electron chi connectivity index (χ3n) is 6.75. The van der Waals surface area contributed by atoms with Crippen LogP contribution in [0.2, 0.25) is 5.02 Å². The maximum absolute atomic E-state index is 12.8. The summed E-state index contributed by atoms with van der Waals surface area (Å²) in [7, 11) is 3.27. The molecule has 0 atom stereocenters. The zero-order valence-corrected chi connectivity index (χ0v) is 23.0. The van der Waals surface area contributed by atoms with Crippen LogP contribution >= 0.6 is 11.6 Å². The molecule has 3 aromatic rings. The molecule has 3 aromatic carbocycles. The van der Waals surface area contributed by atoms with Crippen molar-refractivity contribution in [3.63, 3.8) is 0 Å². The smallest absolute Gasteiger partial charge is 0.180 e.